The molecule has 8 nitrogen and oxygen atoms in total. The third kappa shape index (κ3) is 4.58. The lowest BCUT2D eigenvalue weighted by Gasteiger charge is -2.34. The zero-order chi connectivity index (χ0) is 23.7. The third-order valence-electron chi connectivity index (χ3n) is 6.20. The van der Waals surface area contributed by atoms with Crippen molar-refractivity contribution < 1.29 is 0 Å². The highest BCUT2D eigenvalue weighted by molar-refractivity contribution is 5.73. The summed E-state index contributed by atoms with van der Waals surface area (Å²) >= 11 is 0. The molecule has 0 atom stereocenters. The maximum atomic E-state index is 6.38. The van der Waals surface area contributed by atoms with Crippen LogP contribution in [0, 0.1) is 13.8 Å². The topological polar surface area (TPSA) is 88.1 Å². The number of hydrogen-bond acceptors (Lipinski definition) is 7. The van der Waals surface area contributed by atoms with Crippen LogP contribution < -0.4 is 16.0 Å². The fourth-order valence-corrected chi connectivity index (χ4v) is 4.18. The van der Waals surface area contributed by atoms with Gasteiger partial charge in [-0.2, -0.15) is 10.1 Å². The molecule has 3 N–H and O–H groups in total. The van der Waals surface area contributed by atoms with Gasteiger partial charge in [0.1, 0.15) is 5.82 Å². The summed E-state index contributed by atoms with van der Waals surface area (Å²) in [6, 6.07) is 18.6. The zero-order valence-electron chi connectivity index (χ0n) is 19.9. The van der Waals surface area contributed by atoms with Gasteiger partial charge in [0.05, 0.1) is 22.6 Å². The molecule has 2 aromatic carbocycles. The number of rotatable bonds is 5. The molecular formula is C26H30N8. The molecule has 0 aliphatic carbocycles. The van der Waals surface area contributed by atoms with E-state index in [2.05, 4.69) is 80.6 Å². The van der Waals surface area contributed by atoms with Crippen LogP contribution in [0.1, 0.15) is 11.3 Å². The molecule has 174 valence electrons. The number of anilines is 4. The number of hydrogen-bond donors (Lipinski definition) is 2. The Morgan fingerprint density at radius 3 is 2.24 bits per heavy atom. The lowest BCUT2D eigenvalue weighted by Crippen LogP contribution is -2.44. The van der Waals surface area contributed by atoms with E-state index >= 15 is 0 Å². The van der Waals surface area contributed by atoms with Crippen LogP contribution in [-0.4, -0.2) is 57.9 Å². The van der Waals surface area contributed by atoms with E-state index in [0.29, 0.717) is 11.8 Å². The molecule has 0 bridgehead atoms. The van der Waals surface area contributed by atoms with Crippen LogP contribution in [0.15, 0.2) is 60.8 Å². The smallest absolute Gasteiger partial charge is 0.229 e. The highest BCUT2D eigenvalue weighted by atomic mass is 15.3. The Bertz CT molecular complexity index is 1270. The van der Waals surface area contributed by atoms with E-state index < -0.39 is 0 Å². The number of nitrogens with two attached hydrogens (primary N) is 1. The molecule has 5 rings (SSSR count). The van der Waals surface area contributed by atoms with Gasteiger partial charge in [-0.15, -0.1) is 0 Å². The molecular weight excluding hydrogens is 424 g/mol. The molecule has 1 fully saturated rings. The maximum absolute atomic E-state index is 6.38. The van der Waals surface area contributed by atoms with Crippen molar-refractivity contribution >= 4 is 23.1 Å². The third-order valence-corrected chi connectivity index (χ3v) is 6.20. The SMILES string of the molecule is Cc1ccc(-n2nc(C)cc2-c2cnc(Nc3ccc(N4CCN(C)CC4)cc3)nc2N)cc1. The molecule has 4 aromatic rings. The Morgan fingerprint density at radius 2 is 1.56 bits per heavy atom. The van der Waals surface area contributed by atoms with Gasteiger partial charge < -0.3 is 20.9 Å². The average molecular weight is 455 g/mol. The predicted octanol–water partition coefficient (Wildman–Crippen LogP) is 4.02. The molecule has 1 aliphatic rings. The molecule has 1 aliphatic heterocycles. The van der Waals surface area contributed by atoms with Crippen molar-refractivity contribution in [3.05, 3.63) is 72.1 Å². The van der Waals surface area contributed by atoms with Crippen LogP contribution in [0.25, 0.3) is 16.9 Å². The van der Waals surface area contributed by atoms with Gasteiger partial charge in [0.2, 0.25) is 5.95 Å². The predicted molar refractivity (Wildman–Crippen MR) is 138 cm³/mol. The number of likely N-dealkylation sites (N-methyl/N-ethyl adjacent to an activating group) is 1. The Hall–Kier alpha value is -3.91. The summed E-state index contributed by atoms with van der Waals surface area (Å²) in [5, 5.41) is 7.92. The van der Waals surface area contributed by atoms with Crippen LogP contribution in [0.4, 0.5) is 23.1 Å². The molecule has 0 amide bonds. The average Bonchev–Trinajstić information content (AvgIpc) is 3.22. The van der Waals surface area contributed by atoms with E-state index in [4.69, 9.17) is 5.73 Å². The summed E-state index contributed by atoms with van der Waals surface area (Å²) in [7, 11) is 2.17. The number of aromatic nitrogens is 4. The second-order valence-corrected chi connectivity index (χ2v) is 8.87. The molecule has 0 radical (unpaired) electrons. The van der Waals surface area contributed by atoms with Crippen molar-refractivity contribution in [3.8, 4) is 16.9 Å². The number of benzene rings is 2. The van der Waals surface area contributed by atoms with E-state index in [9.17, 15) is 0 Å². The first-order valence-corrected chi connectivity index (χ1v) is 11.5. The first-order valence-electron chi connectivity index (χ1n) is 11.5. The van der Waals surface area contributed by atoms with Gasteiger partial charge in [0.25, 0.3) is 0 Å². The minimum Gasteiger partial charge on any atom is -0.383 e. The summed E-state index contributed by atoms with van der Waals surface area (Å²) in [4.78, 5) is 13.8. The molecule has 1 saturated heterocycles. The van der Waals surface area contributed by atoms with Gasteiger partial charge in [-0.3, -0.25) is 0 Å². The minimum atomic E-state index is 0.403. The lowest BCUT2D eigenvalue weighted by molar-refractivity contribution is 0.313. The number of nitrogens with one attached hydrogen (secondary N) is 1. The lowest BCUT2D eigenvalue weighted by atomic mass is 10.2. The second kappa shape index (κ2) is 9.15. The first kappa shape index (κ1) is 21.9. The number of piperazine rings is 1. The fourth-order valence-electron chi connectivity index (χ4n) is 4.18. The van der Waals surface area contributed by atoms with Gasteiger partial charge in [-0.1, -0.05) is 17.7 Å². The van der Waals surface area contributed by atoms with Crippen molar-refractivity contribution in [2.45, 2.75) is 13.8 Å². The van der Waals surface area contributed by atoms with E-state index in [0.717, 1.165) is 54.5 Å². The molecule has 0 spiro atoms. The van der Waals surface area contributed by atoms with Gasteiger partial charge in [0, 0.05) is 43.8 Å². The van der Waals surface area contributed by atoms with Crippen LogP contribution >= 0.6 is 0 Å². The number of nitrogen functional groups attached to an aromatic ring is 1. The Kier molecular flexibility index (Phi) is 5.90. The molecule has 8 heteroatoms. The summed E-state index contributed by atoms with van der Waals surface area (Å²) in [5.41, 5.74) is 13.2. The van der Waals surface area contributed by atoms with Crippen LogP contribution in [-0.2, 0) is 0 Å². The van der Waals surface area contributed by atoms with Gasteiger partial charge in [-0.05, 0) is 63.4 Å². The highest BCUT2D eigenvalue weighted by Gasteiger charge is 2.16. The standard InChI is InChI=1S/C26H30N8/c1-18-4-8-22(9-5-18)34-24(16-19(2)31-34)23-17-28-26(30-25(23)27)29-20-6-10-21(11-7-20)33-14-12-32(3)13-15-33/h4-11,16-17H,12-15H2,1-3H3,(H3,27,28,29,30). The summed E-state index contributed by atoms with van der Waals surface area (Å²) < 4.78 is 1.88. The molecule has 2 aromatic heterocycles. The molecule has 0 saturated carbocycles. The van der Waals surface area contributed by atoms with Gasteiger partial charge >= 0.3 is 0 Å². The Labute approximate surface area is 200 Å². The largest absolute Gasteiger partial charge is 0.383 e. The Morgan fingerprint density at radius 1 is 0.882 bits per heavy atom. The quantitative estimate of drug-likeness (QED) is 0.471. The van der Waals surface area contributed by atoms with Crippen molar-refractivity contribution in [2.24, 2.45) is 0 Å². The van der Waals surface area contributed by atoms with Crippen LogP contribution in [0.5, 0.6) is 0 Å². The van der Waals surface area contributed by atoms with E-state index in [1.54, 1.807) is 6.20 Å². The first-order chi connectivity index (χ1) is 16.5. The van der Waals surface area contributed by atoms with E-state index in [1.165, 1.54) is 11.3 Å². The zero-order valence-corrected chi connectivity index (χ0v) is 19.9. The van der Waals surface area contributed by atoms with Crippen molar-refractivity contribution in [1.29, 1.82) is 0 Å². The molecule has 34 heavy (non-hydrogen) atoms. The van der Waals surface area contributed by atoms with Gasteiger partial charge in [0.15, 0.2) is 0 Å². The van der Waals surface area contributed by atoms with E-state index in [-0.39, 0.29) is 0 Å². The summed E-state index contributed by atoms with van der Waals surface area (Å²) in [6.07, 6.45) is 1.75. The summed E-state index contributed by atoms with van der Waals surface area (Å²) in [5.74, 6) is 0.867. The number of aryl methyl sites for hydroxylation is 2. The van der Waals surface area contributed by atoms with Crippen molar-refractivity contribution in [1.82, 2.24) is 24.6 Å². The minimum absolute atomic E-state index is 0.403. The summed E-state index contributed by atoms with van der Waals surface area (Å²) in [6.45, 7) is 8.29. The van der Waals surface area contributed by atoms with E-state index in [1.807, 2.05) is 29.8 Å². The van der Waals surface area contributed by atoms with Crippen molar-refractivity contribution in [2.75, 3.05) is 49.2 Å². The Balaban J connectivity index is 1.34. The fraction of sp³-hybridized carbons (Fsp3) is 0.269. The van der Waals surface area contributed by atoms with Gasteiger partial charge in [-0.25, -0.2) is 9.67 Å². The van der Waals surface area contributed by atoms with Crippen LogP contribution in [0.3, 0.4) is 0 Å². The number of nitrogens with zero attached hydrogens (tertiary/aromatic N) is 6. The van der Waals surface area contributed by atoms with Crippen LogP contribution in [0.2, 0.25) is 0 Å². The maximum Gasteiger partial charge on any atom is 0.229 e. The molecule has 3 heterocycles. The molecule has 0 unspecified atom stereocenters. The normalized spacial score (nSPS) is 14.4. The monoisotopic (exact) mass is 454 g/mol. The highest BCUT2D eigenvalue weighted by Crippen LogP contribution is 2.29. The van der Waals surface area contributed by atoms with Crippen molar-refractivity contribution in [3.63, 3.8) is 0 Å². The second-order valence-electron chi connectivity index (χ2n) is 8.87.